The van der Waals surface area contributed by atoms with E-state index >= 15 is 0 Å². The zero-order chi connectivity index (χ0) is 24.3. The van der Waals surface area contributed by atoms with Crippen molar-refractivity contribution in [3.63, 3.8) is 0 Å². The number of hydrogen-bond acceptors (Lipinski definition) is 5. The van der Waals surface area contributed by atoms with E-state index in [0.717, 1.165) is 35.1 Å². The van der Waals surface area contributed by atoms with Gasteiger partial charge in [-0.05, 0) is 46.9 Å². The molecule has 35 heavy (non-hydrogen) atoms. The van der Waals surface area contributed by atoms with Crippen molar-refractivity contribution in [2.75, 3.05) is 25.0 Å². The molecule has 3 aliphatic heterocycles. The Labute approximate surface area is 205 Å². The highest BCUT2D eigenvalue weighted by Crippen LogP contribution is 2.35. The molecule has 0 aliphatic carbocycles. The zero-order valence-electron chi connectivity index (χ0n) is 20.4. The van der Waals surface area contributed by atoms with Crippen LogP contribution in [0.4, 0.5) is 10.5 Å². The number of imide groups is 1. The topological polar surface area (TPSA) is 59.1 Å². The fraction of sp³-hybridized carbons (Fsp3) is 0.357. The molecule has 0 spiro atoms. The molecule has 7 heteroatoms. The first-order valence-corrected chi connectivity index (χ1v) is 12.3. The van der Waals surface area contributed by atoms with Crippen LogP contribution >= 0.6 is 0 Å². The van der Waals surface area contributed by atoms with Crippen LogP contribution in [-0.4, -0.2) is 65.3 Å². The summed E-state index contributed by atoms with van der Waals surface area (Å²) in [5.74, 6) is 0.258. The summed E-state index contributed by atoms with van der Waals surface area (Å²) in [6.45, 7) is 6.28. The molecular formula is C28H31N5O2. The maximum absolute atomic E-state index is 13.9. The van der Waals surface area contributed by atoms with Crippen molar-refractivity contribution in [1.82, 2.24) is 20.0 Å². The van der Waals surface area contributed by atoms with Crippen molar-refractivity contribution in [2.45, 2.75) is 38.9 Å². The van der Waals surface area contributed by atoms with Gasteiger partial charge < -0.3 is 9.80 Å². The van der Waals surface area contributed by atoms with Crippen LogP contribution in [0, 0.1) is 12.8 Å². The molecule has 3 fully saturated rings. The predicted octanol–water partition coefficient (Wildman–Crippen LogP) is 3.58. The van der Waals surface area contributed by atoms with Gasteiger partial charge in [0.15, 0.2) is 0 Å². The van der Waals surface area contributed by atoms with Crippen LogP contribution in [0.15, 0.2) is 66.7 Å². The van der Waals surface area contributed by atoms with Crippen molar-refractivity contribution in [1.29, 1.82) is 0 Å². The van der Waals surface area contributed by atoms with Crippen LogP contribution in [0.25, 0.3) is 10.8 Å². The quantitative estimate of drug-likeness (QED) is 0.636. The summed E-state index contributed by atoms with van der Waals surface area (Å²) in [5.41, 5.74) is 3.31. The molecule has 3 amide bonds. The van der Waals surface area contributed by atoms with E-state index in [1.165, 1.54) is 10.5 Å². The molecule has 7 nitrogen and oxygen atoms in total. The highest BCUT2D eigenvalue weighted by atomic mass is 16.2. The maximum atomic E-state index is 13.9. The minimum Gasteiger partial charge on any atom is -0.343 e. The molecule has 4 unspecified atom stereocenters. The Morgan fingerprint density at radius 1 is 0.971 bits per heavy atom. The minimum atomic E-state index is -0.423. The van der Waals surface area contributed by atoms with Gasteiger partial charge in [0, 0.05) is 25.8 Å². The standard InChI is InChI=1S/C28H31N5O2/c1-18-8-6-12-22(14-18)31-15-19(2)16-32-24-25(29-27(31)32)30(3)28(35)33(26(24)34)17-21-11-7-10-20-9-4-5-13-23(20)21/h4-14,19,24-25,27,29H,15-17H2,1-3H3. The van der Waals surface area contributed by atoms with E-state index in [-0.39, 0.29) is 30.9 Å². The van der Waals surface area contributed by atoms with E-state index < -0.39 is 6.04 Å². The van der Waals surface area contributed by atoms with Crippen LogP contribution < -0.4 is 10.2 Å². The number of fused-ring (bicyclic) bond motifs is 4. The Morgan fingerprint density at radius 2 is 1.74 bits per heavy atom. The monoisotopic (exact) mass is 469 g/mol. The van der Waals surface area contributed by atoms with Gasteiger partial charge in [-0.3, -0.25) is 19.9 Å². The number of hydrogen-bond donors (Lipinski definition) is 1. The molecule has 3 aliphatic rings. The molecule has 1 N–H and O–H groups in total. The number of anilines is 1. The van der Waals surface area contributed by atoms with Gasteiger partial charge in [0.05, 0.1) is 6.54 Å². The SMILES string of the molecule is Cc1cccc(N2CC(C)CN3C4C(=O)N(Cc5cccc6ccccc56)C(=O)N(C)C4NC23)c1. The maximum Gasteiger partial charge on any atom is 0.328 e. The fourth-order valence-electron chi connectivity index (χ4n) is 5.97. The van der Waals surface area contributed by atoms with Crippen LogP contribution in [-0.2, 0) is 11.3 Å². The van der Waals surface area contributed by atoms with Gasteiger partial charge >= 0.3 is 6.03 Å². The third-order valence-corrected chi connectivity index (χ3v) is 7.63. The molecular weight excluding hydrogens is 438 g/mol. The van der Waals surface area contributed by atoms with Gasteiger partial charge in [0.2, 0.25) is 0 Å². The average Bonchev–Trinajstić information content (AvgIpc) is 3.24. The summed E-state index contributed by atoms with van der Waals surface area (Å²) in [7, 11) is 1.80. The second-order valence-corrected chi connectivity index (χ2v) is 10.2. The van der Waals surface area contributed by atoms with E-state index in [2.05, 4.69) is 71.4 Å². The molecule has 3 aromatic rings. The lowest BCUT2D eigenvalue weighted by atomic mass is 10.0. The Kier molecular flexibility index (Phi) is 5.27. The molecule has 0 saturated carbocycles. The van der Waals surface area contributed by atoms with Crippen molar-refractivity contribution in [3.05, 3.63) is 77.9 Å². The number of carbonyl (C=O) groups is 2. The van der Waals surface area contributed by atoms with Crippen LogP contribution in [0.3, 0.4) is 0 Å². The zero-order valence-corrected chi connectivity index (χ0v) is 20.4. The van der Waals surface area contributed by atoms with Crippen LogP contribution in [0.1, 0.15) is 18.1 Å². The molecule has 0 bridgehead atoms. The molecule has 0 radical (unpaired) electrons. The lowest BCUT2D eigenvalue weighted by Gasteiger charge is -2.46. The molecule has 4 atom stereocenters. The molecule has 180 valence electrons. The third kappa shape index (κ3) is 3.58. The van der Waals surface area contributed by atoms with Crippen molar-refractivity contribution in [3.8, 4) is 0 Å². The molecule has 3 heterocycles. The van der Waals surface area contributed by atoms with Gasteiger partial charge in [0.1, 0.15) is 18.5 Å². The first-order chi connectivity index (χ1) is 16.9. The van der Waals surface area contributed by atoms with Gasteiger partial charge in [-0.25, -0.2) is 4.79 Å². The van der Waals surface area contributed by atoms with E-state index in [0.29, 0.717) is 5.92 Å². The summed E-state index contributed by atoms with van der Waals surface area (Å²) in [6.07, 6.45) is -0.499. The lowest BCUT2D eigenvalue weighted by molar-refractivity contribution is -0.139. The first-order valence-electron chi connectivity index (χ1n) is 12.3. The highest BCUT2D eigenvalue weighted by Gasteiger charge is 2.56. The number of nitrogens with one attached hydrogen (secondary N) is 1. The van der Waals surface area contributed by atoms with E-state index in [1.807, 2.05) is 24.3 Å². The van der Waals surface area contributed by atoms with Crippen molar-refractivity contribution in [2.24, 2.45) is 5.92 Å². The summed E-state index contributed by atoms with van der Waals surface area (Å²) in [5, 5.41) is 5.79. The Hall–Kier alpha value is -3.42. The van der Waals surface area contributed by atoms with E-state index in [4.69, 9.17) is 0 Å². The largest absolute Gasteiger partial charge is 0.343 e. The normalized spacial score (nSPS) is 26.9. The Morgan fingerprint density at radius 3 is 2.57 bits per heavy atom. The van der Waals surface area contributed by atoms with E-state index in [9.17, 15) is 9.59 Å². The van der Waals surface area contributed by atoms with Gasteiger partial charge in [-0.2, -0.15) is 0 Å². The van der Waals surface area contributed by atoms with Gasteiger partial charge in [-0.15, -0.1) is 0 Å². The summed E-state index contributed by atoms with van der Waals surface area (Å²) < 4.78 is 0. The fourth-order valence-corrected chi connectivity index (χ4v) is 5.97. The van der Waals surface area contributed by atoms with Gasteiger partial charge in [0.25, 0.3) is 5.91 Å². The van der Waals surface area contributed by atoms with Crippen molar-refractivity contribution < 1.29 is 9.59 Å². The first kappa shape index (κ1) is 22.1. The smallest absolute Gasteiger partial charge is 0.328 e. The van der Waals surface area contributed by atoms with Crippen LogP contribution in [0.5, 0.6) is 0 Å². The number of aryl methyl sites for hydroxylation is 1. The van der Waals surface area contributed by atoms with Crippen molar-refractivity contribution >= 4 is 28.4 Å². The number of nitrogens with zero attached hydrogens (tertiary/aromatic N) is 4. The predicted molar refractivity (Wildman–Crippen MR) is 137 cm³/mol. The van der Waals surface area contributed by atoms with Gasteiger partial charge in [-0.1, -0.05) is 61.5 Å². The summed E-state index contributed by atoms with van der Waals surface area (Å²) in [4.78, 5) is 35.1. The van der Waals surface area contributed by atoms with E-state index in [1.54, 1.807) is 11.9 Å². The third-order valence-electron chi connectivity index (χ3n) is 7.63. The minimum absolute atomic E-state index is 0.126. The highest BCUT2D eigenvalue weighted by molar-refractivity contribution is 6.01. The second kappa shape index (κ2) is 8.36. The number of amides is 3. The number of likely N-dealkylation sites (N-methyl/N-ethyl adjacent to an activating group) is 1. The summed E-state index contributed by atoms with van der Waals surface area (Å²) in [6, 6.07) is 21.9. The van der Waals surface area contributed by atoms with Crippen LogP contribution in [0.2, 0.25) is 0 Å². The Balaban J connectivity index is 1.34. The molecule has 3 saturated heterocycles. The summed E-state index contributed by atoms with van der Waals surface area (Å²) >= 11 is 0. The molecule has 0 aromatic heterocycles. The second-order valence-electron chi connectivity index (χ2n) is 10.2. The lowest BCUT2D eigenvalue weighted by Crippen LogP contribution is -2.66. The number of benzene rings is 3. The number of urea groups is 1. The average molecular weight is 470 g/mol. The molecule has 3 aromatic carbocycles. The Bertz CT molecular complexity index is 1300. The number of rotatable bonds is 3. The molecule has 6 rings (SSSR count). The number of carbonyl (C=O) groups excluding carboxylic acids is 2.